The summed E-state index contributed by atoms with van der Waals surface area (Å²) in [7, 11) is 1.25. The molecule has 4 rings (SSSR count). The number of anilines is 1. The van der Waals surface area contributed by atoms with Crippen molar-refractivity contribution >= 4 is 35.1 Å². The third-order valence-electron chi connectivity index (χ3n) is 6.03. The standard InChI is InChI=1S/C24H23N3O8/c1-34-24(31)15-7-9-17(10-8-15)26-21(28)13-20(23(26)30)25(14-19-6-3-11-35-19)22(29)16-4-2-5-18(12-16)27(32)33/h2,4-5,7-10,12,19-20H,3,6,11,13-14H2,1H3. The molecule has 0 saturated carbocycles. The zero-order chi connectivity index (χ0) is 25.1. The van der Waals surface area contributed by atoms with Gasteiger partial charge in [-0.1, -0.05) is 6.07 Å². The molecule has 11 nitrogen and oxygen atoms in total. The van der Waals surface area contributed by atoms with E-state index in [0.717, 1.165) is 17.4 Å². The van der Waals surface area contributed by atoms with Gasteiger partial charge in [0.1, 0.15) is 6.04 Å². The molecule has 2 atom stereocenters. The summed E-state index contributed by atoms with van der Waals surface area (Å²) in [6.07, 6.45) is 0.936. The van der Waals surface area contributed by atoms with Gasteiger partial charge in [-0.2, -0.15) is 0 Å². The normalized spacial score (nSPS) is 19.6. The molecule has 0 spiro atoms. The first-order chi connectivity index (χ1) is 16.8. The minimum atomic E-state index is -1.10. The number of carbonyl (C=O) groups is 4. The lowest BCUT2D eigenvalue weighted by molar-refractivity contribution is -0.384. The maximum absolute atomic E-state index is 13.5. The van der Waals surface area contributed by atoms with E-state index < -0.39 is 34.7 Å². The van der Waals surface area contributed by atoms with Crippen LogP contribution in [0.5, 0.6) is 0 Å². The van der Waals surface area contributed by atoms with Gasteiger partial charge in [0.2, 0.25) is 5.91 Å². The molecule has 182 valence electrons. The van der Waals surface area contributed by atoms with E-state index in [0.29, 0.717) is 13.0 Å². The molecule has 0 bridgehead atoms. The molecule has 3 amide bonds. The zero-order valence-corrected chi connectivity index (χ0v) is 18.9. The van der Waals surface area contributed by atoms with Gasteiger partial charge in [0, 0.05) is 30.8 Å². The number of amides is 3. The van der Waals surface area contributed by atoms with E-state index in [4.69, 9.17) is 4.74 Å². The van der Waals surface area contributed by atoms with Crippen LogP contribution in [0.15, 0.2) is 48.5 Å². The summed E-state index contributed by atoms with van der Waals surface area (Å²) < 4.78 is 10.3. The second-order valence-corrected chi connectivity index (χ2v) is 8.23. The van der Waals surface area contributed by atoms with Crippen LogP contribution in [0.25, 0.3) is 0 Å². The maximum atomic E-state index is 13.5. The van der Waals surface area contributed by atoms with Crippen molar-refractivity contribution in [3.63, 3.8) is 0 Å². The second-order valence-electron chi connectivity index (χ2n) is 8.23. The number of hydrogen-bond acceptors (Lipinski definition) is 8. The van der Waals surface area contributed by atoms with Crippen LogP contribution in [0.2, 0.25) is 0 Å². The molecule has 11 heteroatoms. The molecular formula is C24H23N3O8. The van der Waals surface area contributed by atoms with Crippen molar-refractivity contribution < 1.29 is 33.6 Å². The Kier molecular flexibility index (Phi) is 6.87. The Labute approximate surface area is 200 Å². The number of rotatable bonds is 7. The van der Waals surface area contributed by atoms with Crippen molar-refractivity contribution in [2.75, 3.05) is 25.2 Å². The van der Waals surface area contributed by atoms with E-state index in [2.05, 4.69) is 4.74 Å². The van der Waals surface area contributed by atoms with Crippen LogP contribution in [-0.4, -0.2) is 65.9 Å². The molecule has 35 heavy (non-hydrogen) atoms. The van der Waals surface area contributed by atoms with Gasteiger partial charge in [0.05, 0.1) is 35.8 Å². The zero-order valence-electron chi connectivity index (χ0n) is 18.9. The summed E-state index contributed by atoms with van der Waals surface area (Å²) in [6.45, 7) is 0.597. The minimum Gasteiger partial charge on any atom is -0.465 e. The number of nitro benzene ring substituents is 1. The van der Waals surface area contributed by atoms with Crippen LogP contribution in [0, 0.1) is 10.1 Å². The van der Waals surface area contributed by atoms with Gasteiger partial charge in [-0.05, 0) is 43.2 Å². The van der Waals surface area contributed by atoms with Gasteiger partial charge < -0.3 is 14.4 Å². The van der Waals surface area contributed by atoms with Gasteiger partial charge in [-0.3, -0.25) is 24.5 Å². The molecule has 2 heterocycles. The molecule has 2 fully saturated rings. The number of imide groups is 1. The summed E-state index contributed by atoms with van der Waals surface area (Å²) in [6, 6.07) is 9.93. The number of carbonyl (C=O) groups excluding carboxylic acids is 4. The predicted molar refractivity (Wildman–Crippen MR) is 122 cm³/mol. The van der Waals surface area contributed by atoms with Gasteiger partial charge in [-0.15, -0.1) is 0 Å². The van der Waals surface area contributed by atoms with Gasteiger partial charge in [0.15, 0.2) is 0 Å². The fourth-order valence-corrected chi connectivity index (χ4v) is 4.27. The Balaban J connectivity index is 1.63. The predicted octanol–water partition coefficient (Wildman–Crippen LogP) is 2.33. The third kappa shape index (κ3) is 4.90. The molecule has 2 saturated heterocycles. The van der Waals surface area contributed by atoms with Gasteiger partial charge in [-0.25, -0.2) is 9.69 Å². The smallest absolute Gasteiger partial charge is 0.337 e. The first kappa shape index (κ1) is 24.0. The highest BCUT2D eigenvalue weighted by atomic mass is 16.6. The van der Waals surface area contributed by atoms with Crippen molar-refractivity contribution in [1.29, 1.82) is 0 Å². The van der Waals surface area contributed by atoms with Crippen molar-refractivity contribution in [2.24, 2.45) is 0 Å². The van der Waals surface area contributed by atoms with Crippen LogP contribution < -0.4 is 4.90 Å². The average Bonchev–Trinajstić information content (AvgIpc) is 3.49. The van der Waals surface area contributed by atoms with Crippen LogP contribution in [0.3, 0.4) is 0 Å². The topological polar surface area (TPSA) is 136 Å². The Hall–Kier alpha value is -4.12. The summed E-state index contributed by atoms with van der Waals surface area (Å²) in [5.74, 6) is -2.26. The highest BCUT2D eigenvalue weighted by Crippen LogP contribution is 2.29. The van der Waals surface area contributed by atoms with E-state index in [-0.39, 0.29) is 41.6 Å². The molecule has 0 radical (unpaired) electrons. The molecule has 2 aromatic carbocycles. The van der Waals surface area contributed by atoms with Crippen LogP contribution >= 0.6 is 0 Å². The van der Waals surface area contributed by atoms with E-state index in [9.17, 15) is 29.3 Å². The van der Waals surface area contributed by atoms with Gasteiger partial charge >= 0.3 is 5.97 Å². The summed E-state index contributed by atoms with van der Waals surface area (Å²) in [5.41, 5.74) is 0.301. The first-order valence-corrected chi connectivity index (χ1v) is 11.0. The monoisotopic (exact) mass is 481 g/mol. The number of nitro groups is 1. The Bertz CT molecular complexity index is 1170. The highest BCUT2D eigenvalue weighted by Gasteiger charge is 2.45. The lowest BCUT2D eigenvalue weighted by Gasteiger charge is -2.29. The number of esters is 1. The lowest BCUT2D eigenvalue weighted by Crippen LogP contribution is -2.48. The fourth-order valence-electron chi connectivity index (χ4n) is 4.27. The van der Waals surface area contributed by atoms with Gasteiger partial charge in [0.25, 0.3) is 17.5 Å². The number of non-ortho nitro benzene ring substituents is 1. The lowest BCUT2D eigenvalue weighted by atomic mass is 10.1. The summed E-state index contributed by atoms with van der Waals surface area (Å²) in [5, 5.41) is 11.2. The van der Waals surface area contributed by atoms with E-state index in [1.54, 1.807) is 0 Å². The SMILES string of the molecule is COC(=O)c1ccc(N2C(=O)CC(N(CC3CCCO3)C(=O)c3cccc([N+](=O)[O-])c3)C2=O)cc1. The largest absolute Gasteiger partial charge is 0.465 e. The molecule has 0 aromatic heterocycles. The number of methoxy groups -OCH3 is 1. The van der Waals surface area contributed by atoms with Crippen molar-refractivity contribution in [1.82, 2.24) is 4.90 Å². The van der Waals surface area contributed by atoms with Crippen LogP contribution in [-0.2, 0) is 19.1 Å². The van der Waals surface area contributed by atoms with E-state index in [1.807, 2.05) is 0 Å². The minimum absolute atomic E-state index is 0.0401. The third-order valence-corrected chi connectivity index (χ3v) is 6.03. The number of hydrogen-bond donors (Lipinski definition) is 0. The summed E-state index contributed by atoms with van der Waals surface area (Å²) in [4.78, 5) is 64.2. The fraction of sp³-hybridized carbons (Fsp3) is 0.333. The molecule has 2 unspecified atom stereocenters. The average molecular weight is 481 g/mol. The molecule has 2 aliphatic heterocycles. The molecular weight excluding hydrogens is 458 g/mol. The quantitative estimate of drug-likeness (QED) is 0.254. The first-order valence-electron chi connectivity index (χ1n) is 11.0. The molecule has 0 N–H and O–H groups in total. The van der Waals surface area contributed by atoms with Crippen molar-refractivity contribution in [3.8, 4) is 0 Å². The molecule has 2 aromatic rings. The van der Waals surface area contributed by atoms with Crippen LogP contribution in [0.1, 0.15) is 40.0 Å². The second kappa shape index (κ2) is 10.0. The Morgan fingerprint density at radius 2 is 1.91 bits per heavy atom. The molecule has 0 aliphatic carbocycles. The number of nitrogens with zero attached hydrogens (tertiary/aromatic N) is 3. The van der Waals surface area contributed by atoms with Crippen molar-refractivity contribution in [3.05, 3.63) is 69.8 Å². The Morgan fingerprint density at radius 3 is 2.54 bits per heavy atom. The Morgan fingerprint density at radius 1 is 1.17 bits per heavy atom. The van der Waals surface area contributed by atoms with E-state index >= 15 is 0 Å². The van der Waals surface area contributed by atoms with E-state index in [1.165, 1.54) is 54.5 Å². The summed E-state index contributed by atoms with van der Waals surface area (Å²) >= 11 is 0. The number of benzene rings is 2. The maximum Gasteiger partial charge on any atom is 0.337 e. The van der Waals surface area contributed by atoms with Crippen molar-refractivity contribution in [2.45, 2.75) is 31.4 Å². The highest BCUT2D eigenvalue weighted by molar-refractivity contribution is 6.23. The number of ether oxygens (including phenoxy) is 2. The van der Waals surface area contributed by atoms with Crippen LogP contribution in [0.4, 0.5) is 11.4 Å². The molecule has 2 aliphatic rings.